The first-order valence-corrected chi connectivity index (χ1v) is 9.63. The van der Waals surface area contributed by atoms with Crippen molar-refractivity contribution in [3.63, 3.8) is 0 Å². The Bertz CT molecular complexity index is 994. The highest BCUT2D eigenvalue weighted by Gasteiger charge is 2.21. The van der Waals surface area contributed by atoms with Crippen LogP contribution in [-0.2, 0) is 19.5 Å². The van der Waals surface area contributed by atoms with Gasteiger partial charge in [-0.3, -0.25) is 4.98 Å². The van der Waals surface area contributed by atoms with E-state index in [-0.39, 0.29) is 0 Å². The Balaban J connectivity index is 1.54. The molecule has 1 aliphatic heterocycles. The summed E-state index contributed by atoms with van der Waals surface area (Å²) in [5.41, 5.74) is 3.68. The maximum absolute atomic E-state index is 5.47. The number of nitrogens with one attached hydrogen (secondary N) is 1. The Labute approximate surface area is 170 Å². The quantitative estimate of drug-likeness (QED) is 0.691. The van der Waals surface area contributed by atoms with Crippen molar-refractivity contribution in [2.24, 2.45) is 0 Å². The molecule has 0 fully saturated rings. The third-order valence-corrected chi connectivity index (χ3v) is 5.09. The Morgan fingerprint density at radius 1 is 1.00 bits per heavy atom. The zero-order valence-electron chi connectivity index (χ0n) is 17.0. The lowest BCUT2D eigenvalue weighted by molar-refractivity contribution is 0.353. The number of anilines is 2. The molecule has 1 aromatic carbocycles. The van der Waals surface area contributed by atoms with Crippen molar-refractivity contribution in [2.45, 2.75) is 26.4 Å². The number of ether oxygens (including phenoxy) is 2. The van der Waals surface area contributed by atoms with Crippen molar-refractivity contribution in [3.05, 3.63) is 65.2 Å². The molecule has 1 aliphatic rings. The molecule has 0 spiro atoms. The molecule has 0 saturated carbocycles. The van der Waals surface area contributed by atoms with E-state index in [0.717, 1.165) is 54.0 Å². The lowest BCUT2D eigenvalue weighted by Gasteiger charge is -2.30. The van der Waals surface area contributed by atoms with Crippen LogP contribution in [0.4, 0.5) is 11.6 Å². The predicted molar refractivity (Wildman–Crippen MR) is 113 cm³/mol. The number of benzene rings is 1. The van der Waals surface area contributed by atoms with Crippen molar-refractivity contribution < 1.29 is 9.47 Å². The van der Waals surface area contributed by atoms with Crippen LogP contribution in [0.25, 0.3) is 0 Å². The first kappa shape index (κ1) is 19.0. The van der Waals surface area contributed by atoms with Crippen LogP contribution in [-0.4, -0.2) is 35.7 Å². The van der Waals surface area contributed by atoms with E-state index in [9.17, 15) is 0 Å². The number of fused-ring (bicyclic) bond motifs is 1. The molecule has 1 N–H and O–H groups in total. The number of hydrogen-bond donors (Lipinski definition) is 1. The van der Waals surface area contributed by atoms with Crippen molar-refractivity contribution in [1.29, 1.82) is 0 Å². The van der Waals surface area contributed by atoms with Gasteiger partial charge in [-0.05, 0) is 54.3 Å². The summed E-state index contributed by atoms with van der Waals surface area (Å²) in [4.78, 5) is 15.5. The van der Waals surface area contributed by atoms with Crippen molar-refractivity contribution in [3.8, 4) is 11.5 Å². The highest BCUT2D eigenvalue weighted by atomic mass is 16.5. The van der Waals surface area contributed by atoms with Crippen LogP contribution < -0.4 is 19.7 Å². The van der Waals surface area contributed by atoms with Gasteiger partial charge in [-0.1, -0.05) is 0 Å². The maximum Gasteiger partial charge on any atom is 0.161 e. The van der Waals surface area contributed by atoms with Gasteiger partial charge in [-0.2, -0.15) is 0 Å². The average molecular weight is 391 g/mol. The van der Waals surface area contributed by atoms with E-state index in [0.29, 0.717) is 6.54 Å². The molecule has 2 aromatic heterocycles. The maximum atomic E-state index is 5.47. The summed E-state index contributed by atoms with van der Waals surface area (Å²) in [6.07, 6.45) is 4.52. The van der Waals surface area contributed by atoms with Gasteiger partial charge >= 0.3 is 0 Å². The summed E-state index contributed by atoms with van der Waals surface area (Å²) in [5.74, 6) is 4.03. The van der Waals surface area contributed by atoms with Gasteiger partial charge in [0.25, 0.3) is 0 Å². The molecule has 3 heterocycles. The van der Waals surface area contributed by atoms with Crippen LogP contribution in [0, 0.1) is 6.92 Å². The number of rotatable bonds is 6. The van der Waals surface area contributed by atoms with Crippen LogP contribution in [0.3, 0.4) is 0 Å². The fraction of sp³-hybridized carbons (Fsp3) is 0.318. The fourth-order valence-corrected chi connectivity index (χ4v) is 3.58. The Hall–Kier alpha value is -3.35. The summed E-state index contributed by atoms with van der Waals surface area (Å²) in [7, 11) is 3.34. The lowest BCUT2D eigenvalue weighted by Crippen LogP contribution is -2.31. The molecule has 4 rings (SSSR count). The molecule has 150 valence electrons. The minimum Gasteiger partial charge on any atom is -0.493 e. The van der Waals surface area contributed by atoms with Gasteiger partial charge in [0.05, 0.1) is 14.2 Å². The highest BCUT2D eigenvalue weighted by molar-refractivity contribution is 5.54. The van der Waals surface area contributed by atoms with Crippen LogP contribution in [0.2, 0.25) is 0 Å². The van der Waals surface area contributed by atoms with E-state index in [1.807, 2.05) is 25.1 Å². The second-order valence-corrected chi connectivity index (χ2v) is 7.02. The monoisotopic (exact) mass is 391 g/mol. The number of hydrogen-bond acceptors (Lipinski definition) is 7. The van der Waals surface area contributed by atoms with Crippen molar-refractivity contribution in [1.82, 2.24) is 15.0 Å². The van der Waals surface area contributed by atoms with E-state index in [1.54, 1.807) is 26.6 Å². The highest BCUT2D eigenvalue weighted by Crippen LogP contribution is 2.34. The SMILES string of the molecule is COc1cc2c(cc1OC)CN(c1cc(NCc3ccncc3)nc(C)n1)CC2. The van der Waals surface area contributed by atoms with Crippen molar-refractivity contribution >= 4 is 11.6 Å². The molecule has 29 heavy (non-hydrogen) atoms. The molecule has 0 radical (unpaired) electrons. The standard InChI is InChI=1S/C22H25N5O2/c1-15-25-21(24-13-16-4-7-23-8-5-16)12-22(26-15)27-9-6-17-10-19(28-2)20(29-3)11-18(17)14-27/h4-5,7-8,10-12H,6,9,13-14H2,1-3H3,(H,24,25,26). The summed E-state index contributed by atoms with van der Waals surface area (Å²) >= 11 is 0. The van der Waals surface area contributed by atoms with Gasteiger partial charge in [0.1, 0.15) is 17.5 Å². The number of nitrogens with zero attached hydrogens (tertiary/aromatic N) is 4. The smallest absolute Gasteiger partial charge is 0.161 e. The molecular weight excluding hydrogens is 366 g/mol. The topological polar surface area (TPSA) is 72.4 Å². The molecule has 7 nitrogen and oxygen atoms in total. The number of methoxy groups -OCH3 is 2. The van der Waals surface area contributed by atoms with E-state index in [2.05, 4.69) is 37.3 Å². The Kier molecular flexibility index (Phi) is 5.46. The van der Waals surface area contributed by atoms with Crippen LogP contribution in [0.5, 0.6) is 11.5 Å². The molecule has 3 aromatic rings. The summed E-state index contributed by atoms with van der Waals surface area (Å²) in [6, 6.07) is 10.1. The van der Waals surface area contributed by atoms with Gasteiger partial charge in [-0.15, -0.1) is 0 Å². The molecule has 7 heteroatoms. The van der Waals surface area contributed by atoms with Crippen LogP contribution >= 0.6 is 0 Å². The number of pyridine rings is 1. The van der Waals surface area contributed by atoms with Crippen LogP contribution in [0.1, 0.15) is 22.5 Å². The Morgan fingerprint density at radius 3 is 2.45 bits per heavy atom. The van der Waals surface area contributed by atoms with Gasteiger partial charge in [-0.25, -0.2) is 9.97 Å². The minimum absolute atomic E-state index is 0.693. The van der Waals surface area contributed by atoms with E-state index < -0.39 is 0 Å². The normalized spacial score (nSPS) is 13.0. The average Bonchev–Trinajstić information content (AvgIpc) is 2.76. The summed E-state index contributed by atoms with van der Waals surface area (Å²) in [5, 5.41) is 3.39. The van der Waals surface area contributed by atoms with Gasteiger partial charge in [0.15, 0.2) is 11.5 Å². The van der Waals surface area contributed by atoms with Gasteiger partial charge in [0.2, 0.25) is 0 Å². The Morgan fingerprint density at radius 2 is 1.72 bits per heavy atom. The molecule has 0 bridgehead atoms. The third kappa shape index (κ3) is 4.23. The minimum atomic E-state index is 0.693. The second kappa shape index (κ2) is 8.34. The first-order chi connectivity index (χ1) is 14.2. The molecule has 0 saturated heterocycles. The summed E-state index contributed by atoms with van der Waals surface area (Å²) in [6.45, 7) is 4.28. The van der Waals surface area contributed by atoms with E-state index in [1.165, 1.54) is 11.1 Å². The first-order valence-electron chi connectivity index (χ1n) is 9.63. The number of aromatic nitrogens is 3. The van der Waals surface area contributed by atoms with E-state index in [4.69, 9.17) is 9.47 Å². The van der Waals surface area contributed by atoms with Crippen LogP contribution in [0.15, 0.2) is 42.7 Å². The molecule has 0 unspecified atom stereocenters. The zero-order chi connectivity index (χ0) is 20.2. The summed E-state index contributed by atoms with van der Waals surface area (Å²) < 4.78 is 10.9. The molecule has 0 amide bonds. The third-order valence-electron chi connectivity index (χ3n) is 5.09. The molecule has 0 aliphatic carbocycles. The van der Waals surface area contributed by atoms with Gasteiger partial charge < -0.3 is 19.7 Å². The largest absolute Gasteiger partial charge is 0.493 e. The molecule has 0 atom stereocenters. The van der Waals surface area contributed by atoms with Crippen molar-refractivity contribution in [2.75, 3.05) is 31.0 Å². The predicted octanol–water partition coefficient (Wildman–Crippen LogP) is 3.37. The molecular formula is C22H25N5O2. The number of aryl methyl sites for hydroxylation is 1. The zero-order valence-corrected chi connectivity index (χ0v) is 17.0. The fourth-order valence-electron chi connectivity index (χ4n) is 3.58. The lowest BCUT2D eigenvalue weighted by atomic mass is 9.99. The van der Waals surface area contributed by atoms with Gasteiger partial charge in [0, 0.05) is 38.1 Å². The second-order valence-electron chi connectivity index (χ2n) is 7.02. The van der Waals surface area contributed by atoms with E-state index >= 15 is 0 Å².